The SMILES string of the molecule is CC(C)C1CC(Nc2cccc(CCC(=O)O)c2)CCO1. The molecular formula is C17H25NO3. The molecule has 1 aliphatic rings. The molecule has 1 heterocycles. The maximum atomic E-state index is 10.6. The number of ether oxygens (including phenoxy) is 1. The molecule has 1 aromatic carbocycles. The van der Waals surface area contributed by atoms with Crippen LogP contribution < -0.4 is 5.32 Å². The van der Waals surface area contributed by atoms with Crippen LogP contribution >= 0.6 is 0 Å². The van der Waals surface area contributed by atoms with Crippen LogP contribution in [0.4, 0.5) is 5.69 Å². The van der Waals surface area contributed by atoms with Gasteiger partial charge in [-0.1, -0.05) is 26.0 Å². The minimum atomic E-state index is -0.752. The van der Waals surface area contributed by atoms with Crippen LogP contribution in [0.2, 0.25) is 0 Å². The molecule has 1 aromatic rings. The number of nitrogens with one attached hydrogen (secondary N) is 1. The lowest BCUT2D eigenvalue weighted by Gasteiger charge is -2.33. The lowest BCUT2D eigenvalue weighted by molar-refractivity contribution is -0.136. The zero-order valence-corrected chi connectivity index (χ0v) is 12.8. The fourth-order valence-corrected chi connectivity index (χ4v) is 2.73. The van der Waals surface area contributed by atoms with Gasteiger partial charge in [0.25, 0.3) is 0 Å². The Bertz CT molecular complexity index is 473. The number of carbonyl (C=O) groups is 1. The topological polar surface area (TPSA) is 58.6 Å². The Hall–Kier alpha value is -1.55. The van der Waals surface area contributed by atoms with Crippen molar-refractivity contribution in [1.29, 1.82) is 0 Å². The highest BCUT2D eigenvalue weighted by molar-refractivity contribution is 5.67. The first-order valence-corrected chi connectivity index (χ1v) is 7.73. The molecule has 2 unspecified atom stereocenters. The number of hydrogen-bond acceptors (Lipinski definition) is 3. The maximum Gasteiger partial charge on any atom is 0.303 e. The van der Waals surface area contributed by atoms with Crippen molar-refractivity contribution in [2.75, 3.05) is 11.9 Å². The summed E-state index contributed by atoms with van der Waals surface area (Å²) in [6, 6.07) is 8.50. The van der Waals surface area contributed by atoms with Gasteiger partial charge >= 0.3 is 5.97 Å². The van der Waals surface area contributed by atoms with Gasteiger partial charge in [-0.25, -0.2) is 0 Å². The summed E-state index contributed by atoms with van der Waals surface area (Å²) in [5.74, 6) is -0.214. The number of benzene rings is 1. The molecule has 0 amide bonds. The first kappa shape index (κ1) is 15.8. The van der Waals surface area contributed by atoms with Crippen molar-refractivity contribution in [1.82, 2.24) is 0 Å². The number of carboxylic acid groups (broad SMARTS) is 1. The van der Waals surface area contributed by atoms with Crippen molar-refractivity contribution in [2.45, 2.75) is 51.7 Å². The van der Waals surface area contributed by atoms with Crippen LogP contribution in [-0.4, -0.2) is 29.8 Å². The van der Waals surface area contributed by atoms with Gasteiger partial charge in [-0.3, -0.25) is 4.79 Å². The predicted molar refractivity (Wildman–Crippen MR) is 83.6 cm³/mol. The first-order valence-electron chi connectivity index (χ1n) is 7.73. The minimum Gasteiger partial charge on any atom is -0.481 e. The first-order chi connectivity index (χ1) is 10.0. The van der Waals surface area contributed by atoms with Crippen LogP contribution in [0.25, 0.3) is 0 Å². The Morgan fingerprint density at radius 3 is 3.00 bits per heavy atom. The van der Waals surface area contributed by atoms with E-state index < -0.39 is 5.97 Å². The Kier molecular flexibility index (Phi) is 5.62. The normalized spacial score (nSPS) is 22.2. The molecule has 2 atom stereocenters. The van der Waals surface area contributed by atoms with Crippen LogP contribution in [0, 0.1) is 5.92 Å². The molecule has 0 bridgehead atoms. The largest absolute Gasteiger partial charge is 0.481 e. The molecule has 4 heteroatoms. The Morgan fingerprint density at radius 2 is 2.29 bits per heavy atom. The van der Waals surface area contributed by atoms with E-state index in [0.29, 0.717) is 24.5 Å². The summed E-state index contributed by atoms with van der Waals surface area (Å²) >= 11 is 0. The molecule has 4 nitrogen and oxygen atoms in total. The van der Waals surface area contributed by atoms with Gasteiger partial charge in [0.2, 0.25) is 0 Å². The molecule has 0 radical (unpaired) electrons. The lowest BCUT2D eigenvalue weighted by Crippen LogP contribution is -2.36. The van der Waals surface area contributed by atoms with Crippen molar-refractivity contribution >= 4 is 11.7 Å². The van der Waals surface area contributed by atoms with Crippen molar-refractivity contribution in [3.63, 3.8) is 0 Å². The van der Waals surface area contributed by atoms with E-state index in [-0.39, 0.29) is 6.42 Å². The summed E-state index contributed by atoms with van der Waals surface area (Å²) in [6.45, 7) is 5.19. The average molecular weight is 291 g/mol. The van der Waals surface area contributed by atoms with E-state index in [1.165, 1.54) is 0 Å². The number of aryl methyl sites for hydroxylation is 1. The Labute approximate surface area is 126 Å². The summed E-state index contributed by atoms with van der Waals surface area (Å²) < 4.78 is 5.79. The summed E-state index contributed by atoms with van der Waals surface area (Å²) in [5, 5.41) is 12.3. The number of carboxylic acids is 1. The van der Waals surface area contributed by atoms with Crippen LogP contribution in [-0.2, 0) is 16.0 Å². The maximum absolute atomic E-state index is 10.6. The second-order valence-electron chi connectivity index (χ2n) is 6.11. The van der Waals surface area contributed by atoms with Gasteiger partial charge in [-0.2, -0.15) is 0 Å². The van der Waals surface area contributed by atoms with E-state index in [9.17, 15) is 4.79 Å². The standard InChI is InChI=1S/C17H25NO3/c1-12(2)16-11-15(8-9-21-16)18-14-5-3-4-13(10-14)6-7-17(19)20/h3-5,10,12,15-16,18H,6-9,11H2,1-2H3,(H,19,20). The van der Waals surface area contributed by atoms with E-state index in [1.807, 2.05) is 18.2 Å². The van der Waals surface area contributed by atoms with Crippen LogP contribution in [0.15, 0.2) is 24.3 Å². The Morgan fingerprint density at radius 1 is 1.48 bits per heavy atom. The summed E-state index contributed by atoms with van der Waals surface area (Å²) in [5.41, 5.74) is 2.14. The summed E-state index contributed by atoms with van der Waals surface area (Å²) in [6.07, 6.45) is 3.12. The van der Waals surface area contributed by atoms with Gasteiger partial charge in [-0.15, -0.1) is 0 Å². The van der Waals surface area contributed by atoms with Gasteiger partial charge in [0.1, 0.15) is 0 Å². The fourth-order valence-electron chi connectivity index (χ4n) is 2.73. The molecule has 0 aromatic heterocycles. The molecule has 1 fully saturated rings. The highest BCUT2D eigenvalue weighted by atomic mass is 16.5. The molecule has 116 valence electrons. The minimum absolute atomic E-state index is 0.177. The van der Waals surface area contributed by atoms with Crippen molar-refractivity contribution < 1.29 is 14.6 Å². The Balaban J connectivity index is 1.92. The quantitative estimate of drug-likeness (QED) is 0.844. The number of aliphatic carboxylic acids is 1. The third-order valence-electron chi connectivity index (χ3n) is 3.98. The van der Waals surface area contributed by atoms with Crippen LogP contribution in [0.5, 0.6) is 0 Å². The molecule has 0 spiro atoms. The van der Waals surface area contributed by atoms with E-state index in [2.05, 4.69) is 25.2 Å². The second-order valence-corrected chi connectivity index (χ2v) is 6.11. The summed E-state index contributed by atoms with van der Waals surface area (Å²) in [7, 11) is 0. The third kappa shape index (κ3) is 5.05. The number of hydrogen-bond donors (Lipinski definition) is 2. The number of anilines is 1. The van der Waals surface area contributed by atoms with E-state index >= 15 is 0 Å². The van der Waals surface area contributed by atoms with Gasteiger partial charge in [0, 0.05) is 24.8 Å². The van der Waals surface area contributed by atoms with E-state index in [0.717, 1.165) is 30.7 Å². The molecule has 0 aliphatic carbocycles. The highest BCUT2D eigenvalue weighted by Crippen LogP contribution is 2.23. The smallest absolute Gasteiger partial charge is 0.303 e. The molecule has 1 saturated heterocycles. The van der Waals surface area contributed by atoms with Gasteiger partial charge in [0.15, 0.2) is 0 Å². The molecule has 0 saturated carbocycles. The zero-order chi connectivity index (χ0) is 15.2. The highest BCUT2D eigenvalue weighted by Gasteiger charge is 2.24. The van der Waals surface area contributed by atoms with E-state index in [4.69, 9.17) is 9.84 Å². The molecule has 1 aliphatic heterocycles. The zero-order valence-electron chi connectivity index (χ0n) is 12.8. The third-order valence-corrected chi connectivity index (χ3v) is 3.98. The fraction of sp³-hybridized carbons (Fsp3) is 0.588. The van der Waals surface area contributed by atoms with Crippen molar-refractivity contribution in [3.05, 3.63) is 29.8 Å². The van der Waals surface area contributed by atoms with Crippen molar-refractivity contribution in [2.24, 2.45) is 5.92 Å². The van der Waals surface area contributed by atoms with Crippen LogP contribution in [0.3, 0.4) is 0 Å². The predicted octanol–water partition coefficient (Wildman–Crippen LogP) is 3.32. The van der Waals surface area contributed by atoms with Crippen LogP contribution in [0.1, 0.15) is 38.7 Å². The second kappa shape index (κ2) is 7.46. The van der Waals surface area contributed by atoms with Gasteiger partial charge < -0.3 is 15.2 Å². The van der Waals surface area contributed by atoms with Crippen molar-refractivity contribution in [3.8, 4) is 0 Å². The lowest BCUT2D eigenvalue weighted by atomic mass is 9.95. The average Bonchev–Trinajstić information content (AvgIpc) is 2.46. The molecular weight excluding hydrogens is 266 g/mol. The molecule has 2 N–H and O–H groups in total. The molecule has 21 heavy (non-hydrogen) atoms. The van der Waals surface area contributed by atoms with Gasteiger partial charge in [-0.05, 0) is 42.9 Å². The van der Waals surface area contributed by atoms with Gasteiger partial charge in [0.05, 0.1) is 6.10 Å². The molecule has 2 rings (SSSR count). The summed E-state index contributed by atoms with van der Waals surface area (Å²) in [4.78, 5) is 10.6. The monoisotopic (exact) mass is 291 g/mol. The van der Waals surface area contributed by atoms with E-state index in [1.54, 1.807) is 0 Å². The number of rotatable bonds is 6.